The van der Waals surface area contributed by atoms with Gasteiger partial charge in [0.15, 0.2) is 11.0 Å². The highest BCUT2D eigenvalue weighted by atomic mass is 32.2. The maximum absolute atomic E-state index is 11.9. The van der Waals surface area contributed by atoms with Crippen molar-refractivity contribution in [3.8, 4) is 17.1 Å². The zero-order valence-electron chi connectivity index (χ0n) is 14.3. The molecule has 138 valence electrons. The number of phenols is 1. The molecular formula is C17H16N6O3S. The lowest BCUT2D eigenvalue weighted by molar-refractivity contribution is -0.119. The quantitative estimate of drug-likeness (QED) is 0.445. The second kappa shape index (κ2) is 8.32. The Morgan fingerprint density at radius 1 is 1.07 bits per heavy atom. The molecule has 0 radical (unpaired) electrons. The number of aromatic nitrogens is 4. The topological polar surface area (TPSA) is 122 Å². The van der Waals surface area contributed by atoms with Gasteiger partial charge in [0.2, 0.25) is 5.91 Å². The number of phenolic OH excluding ortho intramolecular Hbond substituents is 1. The maximum Gasteiger partial charge on any atom is 0.269 e. The van der Waals surface area contributed by atoms with Crippen LogP contribution in [0.25, 0.3) is 11.4 Å². The Kier molecular flexibility index (Phi) is 5.67. The number of carbonyl (C=O) groups is 2. The summed E-state index contributed by atoms with van der Waals surface area (Å²) in [5.41, 5.74) is 5.88. The van der Waals surface area contributed by atoms with E-state index in [1.807, 2.05) is 0 Å². The third-order valence-corrected chi connectivity index (χ3v) is 4.57. The lowest BCUT2D eigenvalue weighted by atomic mass is 10.2. The second-order valence-corrected chi connectivity index (χ2v) is 6.38. The van der Waals surface area contributed by atoms with E-state index in [0.717, 1.165) is 5.56 Å². The highest BCUT2D eigenvalue weighted by Crippen LogP contribution is 2.23. The average molecular weight is 384 g/mol. The van der Waals surface area contributed by atoms with Crippen LogP contribution in [-0.2, 0) is 11.8 Å². The Hall–Kier alpha value is -3.40. The van der Waals surface area contributed by atoms with Gasteiger partial charge in [-0.25, -0.2) is 0 Å². The summed E-state index contributed by atoms with van der Waals surface area (Å²) in [6, 6.07) is 9.68. The van der Waals surface area contributed by atoms with Gasteiger partial charge in [-0.3, -0.25) is 25.4 Å². The Morgan fingerprint density at radius 3 is 2.48 bits per heavy atom. The number of thioether (sulfide) groups is 1. The zero-order chi connectivity index (χ0) is 19.2. The standard InChI is InChI=1S/C17H16N6O3S/c1-23-15(11-2-4-13(24)5-3-11)20-22-17(23)27-10-14(25)19-21-16(26)12-6-8-18-9-7-12/h2-9,24H,10H2,1H3,(H,19,25)(H,21,26). The summed E-state index contributed by atoms with van der Waals surface area (Å²) in [5.74, 6) is 0.0311. The van der Waals surface area contributed by atoms with Gasteiger partial charge in [0.05, 0.1) is 5.75 Å². The Labute approximate surface area is 158 Å². The van der Waals surface area contributed by atoms with Crippen LogP contribution in [-0.4, -0.2) is 42.4 Å². The molecule has 0 aliphatic rings. The van der Waals surface area contributed by atoms with Crippen LogP contribution < -0.4 is 10.9 Å². The first-order valence-electron chi connectivity index (χ1n) is 7.85. The smallest absolute Gasteiger partial charge is 0.269 e. The summed E-state index contributed by atoms with van der Waals surface area (Å²) >= 11 is 1.19. The molecule has 27 heavy (non-hydrogen) atoms. The minimum Gasteiger partial charge on any atom is -0.508 e. The number of benzene rings is 1. The number of hydrazine groups is 1. The molecule has 0 unspecified atom stereocenters. The van der Waals surface area contributed by atoms with Crippen LogP contribution in [0.5, 0.6) is 5.75 Å². The number of carbonyl (C=O) groups excluding carboxylic acids is 2. The number of pyridine rings is 1. The fraction of sp³-hybridized carbons (Fsp3) is 0.118. The van der Waals surface area contributed by atoms with Crippen LogP contribution >= 0.6 is 11.8 Å². The van der Waals surface area contributed by atoms with Crippen molar-refractivity contribution >= 4 is 23.6 Å². The van der Waals surface area contributed by atoms with Gasteiger partial charge in [0, 0.05) is 30.6 Å². The van der Waals surface area contributed by atoms with Gasteiger partial charge < -0.3 is 9.67 Å². The van der Waals surface area contributed by atoms with Crippen molar-refractivity contribution in [2.75, 3.05) is 5.75 Å². The van der Waals surface area contributed by atoms with E-state index in [2.05, 4.69) is 26.0 Å². The molecular weight excluding hydrogens is 368 g/mol. The predicted octanol–water partition coefficient (Wildman–Crippen LogP) is 1.14. The molecule has 0 saturated carbocycles. The fourth-order valence-electron chi connectivity index (χ4n) is 2.17. The molecule has 3 aromatic rings. The van der Waals surface area contributed by atoms with Gasteiger partial charge in [0.25, 0.3) is 5.91 Å². The van der Waals surface area contributed by atoms with Crippen LogP contribution in [0, 0.1) is 0 Å². The number of hydrogen-bond donors (Lipinski definition) is 3. The lowest BCUT2D eigenvalue weighted by Crippen LogP contribution is -2.42. The Balaban J connectivity index is 1.53. The molecule has 0 atom stereocenters. The van der Waals surface area contributed by atoms with Crippen LogP contribution in [0.1, 0.15) is 10.4 Å². The summed E-state index contributed by atoms with van der Waals surface area (Å²) in [7, 11) is 1.79. The molecule has 3 rings (SSSR count). The SMILES string of the molecule is Cn1c(SCC(=O)NNC(=O)c2ccncc2)nnc1-c1ccc(O)cc1. The fourth-order valence-corrected chi connectivity index (χ4v) is 2.88. The molecule has 10 heteroatoms. The first-order chi connectivity index (χ1) is 13.0. The highest BCUT2D eigenvalue weighted by molar-refractivity contribution is 7.99. The third kappa shape index (κ3) is 4.61. The van der Waals surface area contributed by atoms with Crippen molar-refractivity contribution in [2.45, 2.75) is 5.16 Å². The molecule has 2 aromatic heterocycles. The van der Waals surface area contributed by atoms with Crippen molar-refractivity contribution in [3.05, 3.63) is 54.4 Å². The molecule has 3 N–H and O–H groups in total. The van der Waals surface area contributed by atoms with E-state index in [4.69, 9.17) is 0 Å². The zero-order valence-corrected chi connectivity index (χ0v) is 15.1. The summed E-state index contributed by atoms with van der Waals surface area (Å²) in [6.45, 7) is 0. The van der Waals surface area contributed by atoms with Crippen LogP contribution in [0.15, 0.2) is 53.9 Å². The molecule has 0 aliphatic carbocycles. The van der Waals surface area contributed by atoms with Crippen molar-refractivity contribution in [3.63, 3.8) is 0 Å². The van der Waals surface area contributed by atoms with E-state index in [1.165, 1.54) is 24.2 Å². The number of rotatable bonds is 5. The van der Waals surface area contributed by atoms with E-state index in [1.54, 1.807) is 48.0 Å². The van der Waals surface area contributed by atoms with Crippen LogP contribution in [0.4, 0.5) is 0 Å². The van der Waals surface area contributed by atoms with Gasteiger partial charge >= 0.3 is 0 Å². The minimum atomic E-state index is -0.427. The molecule has 0 aliphatic heterocycles. The largest absolute Gasteiger partial charge is 0.508 e. The van der Waals surface area contributed by atoms with E-state index < -0.39 is 5.91 Å². The molecule has 1 aromatic carbocycles. The van der Waals surface area contributed by atoms with Crippen molar-refractivity contribution in [2.24, 2.45) is 7.05 Å². The molecule has 9 nitrogen and oxygen atoms in total. The van der Waals surface area contributed by atoms with Crippen LogP contribution in [0.3, 0.4) is 0 Å². The maximum atomic E-state index is 11.9. The van der Waals surface area contributed by atoms with E-state index in [0.29, 0.717) is 16.5 Å². The number of aromatic hydroxyl groups is 1. The van der Waals surface area contributed by atoms with Gasteiger partial charge in [-0.2, -0.15) is 0 Å². The molecule has 0 saturated heterocycles. The lowest BCUT2D eigenvalue weighted by Gasteiger charge is -2.07. The van der Waals surface area contributed by atoms with E-state index >= 15 is 0 Å². The number of nitrogens with one attached hydrogen (secondary N) is 2. The normalized spacial score (nSPS) is 10.4. The summed E-state index contributed by atoms with van der Waals surface area (Å²) in [5, 5.41) is 18.1. The molecule has 0 bridgehead atoms. The van der Waals surface area contributed by atoms with Crippen LogP contribution in [0.2, 0.25) is 0 Å². The van der Waals surface area contributed by atoms with E-state index in [-0.39, 0.29) is 17.4 Å². The Bertz CT molecular complexity index is 943. The molecule has 0 fully saturated rings. The van der Waals surface area contributed by atoms with E-state index in [9.17, 15) is 14.7 Å². The highest BCUT2D eigenvalue weighted by Gasteiger charge is 2.13. The average Bonchev–Trinajstić information content (AvgIpc) is 3.06. The van der Waals surface area contributed by atoms with Crippen molar-refractivity contribution < 1.29 is 14.7 Å². The monoisotopic (exact) mass is 384 g/mol. The second-order valence-electron chi connectivity index (χ2n) is 5.44. The number of nitrogens with zero attached hydrogens (tertiary/aromatic N) is 4. The van der Waals surface area contributed by atoms with Gasteiger partial charge in [-0.05, 0) is 36.4 Å². The summed E-state index contributed by atoms with van der Waals surface area (Å²) < 4.78 is 1.75. The Morgan fingerprint density at radius 2 is 1.78 bits per heavy atom. The number of amides is 2. The first-order valence-corrected chi connectivity index (χ1v) is 8.84. The van der Waals surface area contributed by atoms with Gasteiger partial charge in [0.1, 0.15) is 5.75 Å². The molecule has 0 spiro atoms. The number of hydrogen-bond acceptors (Lipinski definition) is 7. The predicted molar refractivity (Wildman–Crippen MR) is 98.7 cm³/mol. The molecule has 2 heterocycles. The minimum absolute atomic E-state index is 0.0537. The third-order valence-electron chi connectivity index (χ3n) is 3.55. The molecule has 2 amide bonds. The first kappa shape index (κ1) is 18.4. The summed E-state index contributed by atoms with van der Waals surface area (Å²) in [6.07, 6.45) is 2.98. The van der Waals surface area contributed by atoms with Crippen molar-refractivity contribution in [1.82, 2.24) is 30.6 Å². The van der Waals surface area contributed by atoms with Gasteiger partial charge in [-0.15, -0.1) is 10.2 Å². The van der Waals surface area contributed by atoms with Gasteiger partial charge in [-0.1, -0.05) is 11.8 Å². The van der Waals surface area contributed by atoms with Crippen molar-refractivity contribution in [1.29, 1.82) is 0 Å². The summed E-state index contributed by atoms with van der Waals surface area (Å²) in [4.78, 5) is 27.6.